The molecule has 0 unspecified atom stereocenters. The van der Waals surface area contributed by atoms with E-state index in [-0.39, 0.29) is 5.75 Å². The zero-order valence-electron chi connectivity index (χ0n) is 19.0. The number of aryl methyl sites for hydroxylation is 2. The lowest BCUT2D eigenvalue weighted by atomic mass is 9.88. The van der Waals surface area contributed by atoms with Gasteiger partial charge in [0.25, 0.3) is 0 Å². The second-order valence-corrected chi connectivity index (χ2v) is 8.41. The third-order valence-corrected chi connectivity index (χ3v) is 6.32. The molecule has 2 heteroatoms. The van der Waals surface area contributed by atoms with Crippen LogP contribution in [-0.4, -0.2) is 10.1 Å². The summed E-state index contributed by atoms with van der Waals surface area (Å²) in [7, 11) is 0. The SMILES string of the molecule is CCc1ccc(-c2cc(O)cc(-c3ccc(CC)cc3)c2-c2ccc3ccccc3n2)cc1. The summed E-state index contributed by atoms with van der Waals surface area (Å²) >= 11 is 0. The van der Waals surface area contributed by atoms with Crippen molar-refractivity contribution in [3.8, 4) is 39.3 Å². The Hall–Kier alpha value is -3.91. The molecule has 0 aliphatic rings. The average Bonchev–Trinajstić information content (AvgIpc) is 2.88. The lowest BCUT2D eigenvalue weighted by Crippen LogP contribution is -1.94. The van der Waals surface area contributed by atoms with Gasteiger partial charge in [-0.25, -0.2) is 4.98 Å². The monoisotopic (exact) mass is 429 g/mol. The van der Waals surface area contributed by atoms with Gasteiger partial charge in [0.05, 0.1) is 11.2 Å². The fourth-order valence-electron chi connectivity index (χ4n) is 4.40. The van der Waals surface area contributed by atoms with Crippen LogP contribution in [0.1, 0.15) is 25.0 Å². The first-order valence-corrected chi connectivity index (χ1v) is 11.6. The highest BCUT2D eigenvalue weighted by molar-refractivity contribution is 5.96. The van der Waals surface area contributed by atoms with Crippen LogP contribution in [0.15, 0.2) is 97.1 Å². The van der Waals surface area contributed by atoms with E-state index in [4.69, 9.17) is 4.98 Å². The molecule has 0 spiro atoms. The minimum Gasteiger partial charge on any atom is -0.508 e. The number of benzene rings is 4. The van der Waals surface area contributed by atoms with E-state index in [0.717, 1.165) is 57.3 Å². The minimum absolute atomic E-state index is 0.253. The van der Waals surface area contributed by atoms with Crippen LogP contribution in [0.3, 0.4) is 0 Å². The van der Waals surface area contributed by atoms with Gasteiger partial charge in [0.2, 0.25) is 0 Å². The Labute approximate surface area is 195 Å². The lowest BCUT2D eigenvalue weighted by molar-refractivity contribution is 0.476. The maximum absolute atomic E-state index is 10.7. The summed E-state index contributed by atoms with van der Waals surface area (Å²) in [6.07, 6.45) is 1.99. The normalized spacial score (nSPS) is 11.1. The second-order valence-electron chi connectivity index (χ2n) is 8.41. The van der Waals surface area contributed by atoms with E-state index in [1.54, 1.807) is 0 Å². The number of nitrogens with zero attached hydrogens (tertiary/aromatic N) is 1. The highest BCUT2D eigenvalue weighted by Gasteiger charge is 2.18. The number of rotatable bonds is 5. The van der Waals surface area contributed by atoms with Crippen molar-refractivity contribution >= 4 is 10.9 Å². The Morgan fingerprint density at radius 2 is 1.18 bits per heavy atom. The van der Waals surface area contributed by atoms with Crippen molar-refractivity contribution in [3.05, 3.63) is 108 Å². The molecule has 5 rings (SSSR count). The molecule has 0 bridgehead atoms. The van der Waals surface area contributed by atoms with E-state index in [0.29, 0.717) is 0 Å². The molecule has 2 nitrogen and oxygen atoms in total. The van der Waals surface area contributed by atoms with E-state index >= 15 is 0 Å². The molecule has 0 saturated carbocycles. The van der Waals surface area contributed by atoms with Gasteiger partial charge in [0, 0.05) is 10.9 Å². The zero-order chi connectivity index (χ0) is 22.8. The summed E-state index contributed by atoms with van der Waals surface area (Å²) in [6.45, 7) is 4.32. The number of hydrogen-bond donors (Lipinski definition) is 1. The van der Waals surface area contributed by atoms with Crippen molar-refractivity contribution in [2.75, 3.05) is 0 Å². The molecular formula is C31H27NO. The average molecular weight is 430 g/mol. The predicted octanol–water partition coefficient (Wildman–Crippen LogP) is 8.07. The molecule has 0 aliphatic heterocycles. The first-order chi connectivity index (χ1) is 16.2. The molecule has 0 saturated heterocycles. The van der Waals surface area contributed by atoms with Crippen LogP contribution in [-0.2, 0) is 12.8 Å². The largest absolute Gasteiger partial charge is 0.508 e. The molecular weight excluding hydrogens is 402 g/mol. The molecule has 4 aromatic carbocycles. The Balaban J connectivity index is 1.79. The Kier molecular flexibility index (Phi) is 5.66. The van der Waals surface area contributed by atoms with Gasteiger partial charge in [-0.1, -0.05) is 86.6 Å². The van der Waals surface area contributed by atoms with Crippen LogP contribution in [0.4, 0.5) is 0 Å². The minimum atomic E-state index is 0.253. The van der Waals surface area contributed by atoms with Gasteiger partial charge in [-0.05, 0) is 70.5 Å². The smallest absolute Gasteiger partial charge is 0.116 e. The molecule has 0 radical (unpaired) electrons. The van der Waals surface area contributed by atoms with Gasteiger partial charge < -0.3 is 5.11 Å². The molecule has 0 amide bonds. The van der Waals surface area contributed by atoms with Crippen LogP contribution < -0.4 is 0 Å². The molecule has 33 heavy (non-hydrogen) atoms. The Morgan fingerprint density at radius 1 is 0.636 bits per heavy atom. The molecule has 162 valence electrons. The number of fused-ring (bicyclic) bond motifs is 1. The summed E-state index contributed by atoms with van der Waals surface area (Å²) in [6, 6.07) is 33.3. The quantitative estimate of drug-likeness (QED) is 0.306. The number of hydrogen-bond acceptors (Lipinski definition) is 2. The summed E-state index contributed by atoms with van der Waals surface area (Å²) in [5.41, 5.74) is 9.58. The van der Waals surface area contributed by atoms with Gasteiger partial charge in [-0.2, -0.15) is 0 Å². The van der Waals surface area contributed by atoms with Crippen LogP contribution in [0.5, 0.6) is 5.75 Å². The van der Waals surface area contributed by atoms with Crippen LogP contribution in [0.25, 0.3) is 44.4 Å². The van der Waals surface area contributed by atoms with Gasteiger partial charge in [0.1, 0.15) is 5.75 Å². The van der Waals surface area contributed by atoms with Crippen LogP contribution in [0, 0.1) is 0 Å². The highest BCUT2D eigenvalue weighted by atomic mass is 16.3. The van der Waals surface area contributed by atoms with Gasteiger partial charge in [-0.15, -0.1) is 0 Å². The number of para-hydroxylation sites is 1. The van der Waals surface area contributed by atoms with Crippen molar-refractivity contribution in [2.24, 2.45) is 0 Å². The fraction of sp³-hybridized carbons (Fsp3) is 0.129. The summed E-state index contributed by atoms with van der Waals surface area (Å²) in [5, 5.41) is 11.9. The molecule has 0 aliphatic carbocycles. The zero-order valence-corrected chi connectivity index (χ0v) is 19.0. The molecule has 1 heterocycles. The number of aromatic hydroxyl groups is 1. The van der Waals surface area contributed by atoms with Crippen molar-refractivity contribution in [2.45, 2.75) is 26.7 Å². The third-order valence-electron chi connectivity index (χ3n) is 6.32. The second kappa shape index (κ2) is 8.91. The number of pyridine rings is 1. The molecule has 1 N–H and O–H groups in total. The van der Waals surface area contributed by atoms with Crippen molar-refractivity contribution in [3.63, 3.8) is 0 Å². The predicted molar refractivity (Wildman–Crippen MR) is 138 cm³/mol. The van der Waals surface area contributed by atoms with Crippen LogP contribution in [0.2, 0.25) is 0 Å². The van der Waals surface area contributed by atoms with E-state index < -0.39 is 0 Å². The standard InChI is InChI=1S/C31H27NO/c1-3-21-9-13-23(14-10-21)27-19-26(33)20-28(24-15-11-22(4-2)12-16-24)31(27)30-18-17-25-7-5-6-8-29(25)32-30/h5-20,33H,3-4H2,1-2H3. The molecule has 5 aromatic rings. The summed E-state index contributed by atoms with van der Waals surface area (Å²) in [4.78, 5) is 5.03. The Morgan fingerprint density at radius 3 is 1.73 bits per heavy atom. The maximum atomic E-state index is 10.7. The maximum Gasteiger partial charge on any atom is 0.116 e. The fourth-order valence-corrected chi connectivity index (χ4v) is 4.40. The number of aromatic nitrogens is 1. The molecule has 0 atom stereocenters. The van der Waals surface area contributed by atoms with Crippen molar-refractivity contribution in [1.29, 1.82) is 0 Å². The van der Waals surface area contributed by atoms with Gasteiger partial charge >= 0.3 is 0 Å². The van der Waals surface area contributed by atoms with Gasteiger partial charge in [-0.3, -0.25) is 0 Å². The molecule has 0 fully saturated rings. The number of phenolic OH excluding ortho intramolecular Hbond substituents is 1. The highest BCUT2D eigenvalue weighted by Crippen LogP contribution is 2.42. The van der Waals surface area contributed by atoms with Crippen molar-refractivity contribution < 1.29 is 5.11 Å². The van der Waals surface area contributed by atoms with E-state index in [9.17, 15) is 5.11 Å². The molecule has 1 aromatic heterocycles. The van der Waals surface area contributed by atoms with E-state index in [1.807, 2.05) is 30.3 Å². The summed E-state index contributed by atoms with van der Waals surface area (Å²) in [5.74, 6) is 0.253. The van der Waals surface area contributed by atoms with E-state index in [2.05, 4.69) is 80.6 Å². The van der Waals surface area contributed by atoms with E-state index in [1.165, 1.54) is 11.1 Å². The van der Waals surface area contributed by atoms with Crippen molar-refractivity contribution in [1.82, 2.24) is 4.98 Å². The lowest BCUT2D eigenvalue weighted by Gasteiger charge is -2.17. The topological polar surface area (TPSA) is 33.1 Å². The summed E-state index contributed by atoms with van der Waals surface area (Å²) < 4.78 is 0. The Bertz CT molecular complexity index is 1350. The van der Waals surface area contributed by atoms with Gasteiger partial charge in [0.15, 0.2) is 0 Å². The number of phenols is 1. The first-order valence-electron chi connectivity index (χ1n) is 11.6. The third kappa shape index (κ3) is 4.12. The first kappa shape index (κ1) is 21.0. The van der Waals surface area contributed by atoms with Crippen LogP contribution >= 0.6 is 0 Å².